The fourth-order valence-corrected chi connectivity index (χ4v) is 3.27. The van der Waals surface area contributed by atoms with Crippen LogP contribution in [0.15, 0.2) is 24.3 Å². The van der Waals surface area contributed by atoms with Gasteiger partial charge in [0.05, 0.1) is 0 Å². The second-order valence-corrected chi connectivity index (χ2v) is 7.43. The highest BCUT2D eigenvalue weighted by atomic mass is 19.4. The van der Waals surface area contributed by atoms with Gasteiger partial charge in [0.1, 0.15) is 0 Å². The SMILES string of the molecule is Cc1ccc(N(C)C(=O)[C@H]2CCN(C(=O)[C@@](C)(O)C(F)(F)F)C[C@H]2C)cc1. The minimum absolute atomic E-state index is 0.00640. The lowest BCUT2D eigenvalue weighted by molar-refractivity contribution is -0.251. The molecule has 1 aliphatic rings. The van der Waals surface area contributed by atoms with Gasteiger partial charge in [0.2, 0.25) is 11.5 Å². The van der Waals surface area contributed by atoms with Crippen LogP contribution in [0.3, 0.4) is 0 Å². The van der Waals surface area contributed by atoms with E-state index in [1.54, 1.807) is 14.0 Å². The van der Waals surface area contributed by atoms with Gasteiger partial charge in [-0.25, -0.2) is 0 Å². The molecule has 27 heavy (non-hydrogen) atoms. The minimum Gasteiger partial charge on any atom is -0.373 e. The van der Waals surface area contributed by atoms with Crippen LogP contribution in [0.1, 0.15) is 25.8 Å². The molecule has 1 heterocycles. The van der Waals surface area contributed by atoms with Gasteiger partial charge in [-0.05, 0) is 38.3 Å². The molecule has 0 radical (unpaired) electrons. The van der Waals surface area contributed by atoms with Crippen LogP contribution in [0.2, 0.25) is 0 Å². The number of alkyl halides is 3. The van der Waals surface area contributed by atoms with E-state index in [-0.39, 0.29) is 31.3 Å². The number of hydrogen-bond donors (Lipinski definition) is 1. The van der Waals surface area contributed by atoms with Crippen molar-refractivity contribution < 1.29 is 27.9 Å². The number of amides is 2. The quantitative estimate of drug-likeness (QED) is 0.869. The number of halogens is 3. The van der Waals surface area contributed by atoms with Crippen molar-refractivity contribution in [3.63, 3.8) is 0 Å². The first-order valence-corrected chi connectivity index (χ1v) is 8.79. The summed E-state index contributed by atoms with van der Waals surface area (Å²) in [6.07, 6.45) is -4.80. The molecule has 0 aromatic heterocycles. The fraction of sp³-hybridized carbons (Fsp3) is 0.579. The van der Waals surface area contributed by atoms with Gasteiger partial charge in [0.25, 0.3) is 5.91 Å². The molecule has 0 bridgehead atoms. The zero-order chi connectivity index (χ0) is 20.6. The molecule has 0 unspecified atom stereocenters. The minimum atomic E-state index is -5.05. The number of nitrogens with zero attached hydrogens (tertiary/aromatic N) is 2. The zero-order valence-electron chi connectivity index (χ0n) is 15.9. The van der Waals surface area contributed by atoms with Crippen LogP contribution < -0.4 is 4.90 Å². The van der Waals surface area contributed by atoms with Crippen molar-refractivity contribution in [2.75, 3.05) is 25.0 Å². The molecule has 1 aliphatic heterocycles. The molecule has 0 aliphatic carbocycles. The van der Waals surface area contributed by atoms with Crippen molar-refractivity contribution >= 4 is 17.5 Å². The van der Waals surface area contributed by atoms with Crippen LogP contribution in [-0.4, -0.2) is 53.7 Å². The maximum Gasteiger partial charge on any atom is 0.426 e. The Morgan fingerprint density at radius 2 is 1.78 bits per heavy atom. The van der Waals surface area contributed by atoms with Crippen LogP contribution >= 0.6 is 0 Å². The maximum absolute atomic E-state index is 12.9. The standard InChI is InChI=1S/C19H25F3N2O3/c1-12-5-7-14(8-6-12)23(4)16(25)15-9-10-24(11-13(15)2)17(26)18(3,27)19(20,21)22/h5-8,13,15,27H,9-11H2,1-4H3/t13-,15+,18-/m1/s1. The number of rotatable bonds is 3. The van der Waals surface area contributed by atoms with E-state index in [9.17, 15) is 27.9 Å². The van der Waals surface area contributed by atoms with Crippen LogP contribution in [-0.2, 0) is 9.59 Å². The Balaban J connectivity index is 2.07. The molecule has 5 nitrogen and oxygen atoms in total. The van der Waals surface area contributed by atoms with E-state index in [1.165, 1.54) is 4.90 Å². The lowest BCUT2D eigenvalue weighted by atomic mass is 9.85. The number of piperidine rings is 1. The van der Waals surface area contributed by atoms with Gasteiger partial charge < -0.3 is 14.9 Å². The highest BCUT2D eigenvalue weighted by molar-refractivity contribution is 5.95. The molecule has 0 saturated carbocycles. The average Bonchev–Trinajstić information content (AvgIpc) is 2.59. The predicted octanol–water partition coefficient (Wildman–Crippen LogP) is 2.76. The molecular weight excluding hydrogens is 361 g/mol. The summed E-state index contributed by atoms with van der Waals surface area (Å²) in [5.74, 6) is -2.25. The molecule has 2 rings (SSSR count). The second kappa shape index (κ2) is 7.50. The monoisotopic (exact) mass is 386 g/mol. The first-order chi connectivity index (χ1) is 12.4. The van der Waals surface area contributed by atoms with Crippen molar-refractivity contribution in [1.29, 1.82) is 0 Å². The summed E-state index contributed by atoms with van der Waals surface area (Å²) in [5.41, 5.74) is -1.63. The van der Waals surface area contributed by atoms with E-state index in [2.05, 4.69) is 0 Å². The summed E-state index contributed by atoms with van der Waals surface area (Å²) in [7, 11) is 1.66. The summed E-state index contributed by atoms with van der Waals surface area (Å²) in [5, 5.41) is 9.60. The van der Waals surface area contributed by atoms with Crippen LogP contribution in [0, 0.1) is 18.8 Å². The Labute approximate surface area is 156 Å². The van der Waals surface area contributed by atoms with Gasteiger partial charge in [0.15, 0.2) is 0 Å². The van der Waals surface area contributed by atoms with Gasteiger partial charge in [-0.2, -0.15) is 13.2 Å². The van der Waals surface area contributed by atoms with Gasteiger partial charge in [-0.15, -0.1) is 0 Å². The van der Waals surface area contributed by atoms with Crippen LogP contribution in [0.25, 0.3) is 0 Å². The molecule has 3 atom stereocenters. The van der Waals surface area contributed by atoms with E-state index in [0.717, 1.165) is 16.2 Å². The molecule has 1 N–H and O–H groups in total. The topological polar surface area (TPSA) is 60.9 Å². The Hall–Kier alpha value is -2.09. The third-order valence-corrected chi connectivity index (χ3v) is 5.23. The molecule has 1 saturated heterocycles. The Kier molecular flexibility index (Phi) is 5.89. The van der Waals surface area contributed by atoms with Crippen molar-refractivity contribution in [2.24, 2.45) is 11.8 Å². The number of anilines is 1. The number of likely N-dealkylation sites (tertiary alicyclic amines) is 1. The number of carbonyl (C=O) groups excluding carboxylic acids is 2. The third kappa shape index (κ3) is 4.26. The number of benzene rings is 1. The molecule has 1 aromatic rings. The summed E-state index contributed by atoms with van der Waals surface area (Å²) in [6, 6.07) is 7.44. The normalized spacial score (nSPS) is 22.9. The molecule has 1 aromatic carbocycles. The second-order valence-electron chi connectivity index (χ2n) is 7.43. The Morgan fingerprint density at radius 3 is 2.26 bits per heavy atom. The van der Waals surface area contributed by atoms with E-state index in [0.29, 0.717) is 6.92 Å². The molecule has 150 valence electrons. The first-order valence-electron chi connectivity index (χ1n) is 8.79. The van der Waals surface area contributed by atoms with Gasteiger partial charge in [-0.1, -0.05) is 24.6 Å². The molecule has 8 heteroatoms. The summed E-state index contributed by atoms with van der Waals surface area (Å²) < 4.78 is 38.7. The summed E-state index contributed by atoms with van der Waals surface area (Å²) >= 11 is 0. The number of carbonyl (C=O) groups is 2. The summed E-state index contributed by atoms with van der Waals surface area (Å²) in [4.78, 5) is 27.5. The van der Waals surface area contributed by atoms with Crippen molar-refractivity contribution in [1.82, 2.24) is 4.90 Å². The van der Waals surface area contributed by atoms with Crippen LogP contribution in [0.5, 0.6) is 0 Å². The molecule has 1 fully saturated rings. The predicted molar refractivity (Wildman–Crippen MR) is 95.1 cm³/mol. The van der Waals surface area contributed by atoms with E-state index >= 15 is 0 Å². The average molecular weight is 386 g/mol. The van der Waals surface area contributed by atoms with E-state index < -0.39 is 23.6 Å². The smallest absolute Gasteiger partial charge is 0.373 e. The van der Waals surface area contributed by atoms with Crippen molar-refractivity contribution in [3.8, 4) is 0 Å². The number of aryl methyl sites for hydroxylation is 1. The van der Waals surface area contributed by atoms with E-state index in [4.69, 9.17) is 0 Å². The Bertz CT molecular complexity index is 701. The summed E-state index contributed by atoms with van der Waals surface area (Å²) in [6.45, 7) is 4.11. The Morgan fingerprint density at radius 1 is 1.22 bits per heavy atom. The highest BCUT2D eigenvalue weighted by Crippen LogP contribution is 2.34. The zero-order valence-corrected chi connectivity index (χ0v) is 15.9. The molecule has 0 spiro atoms. The van der Waals surface area contributed by atoms with Gasteiger partial charge in [-0.3, -0.25) is 9.59 Å². The van der Waals surface area contributed by atoms with Gasteiger partial charge >= 0.3 is 6.18 Å². The van der Waals surface area contributed by atoms with Crippen molar-refractivity contribution in [2.45, 2.75) is 39.0 Å². The lowest BCUT2D eigenvalue weighted by Gasteiger charge is -2.40. The van der Waals surface area contributed by atoms with Crippen LogP contribution in [0.4, 0.5) is 18.9 Å². The maximum atomic E-state index is 12.9. The number of hydrogen-bond acceptors (Lipinski definition) is 3. The fourth-order valence-electron chi connectivity index (χ4n) is 3.27. The van der Waals surface area contributed by atoms with Gasteiger partial charge in [0, 0.05) is 31.7 Å². The molecular formula is C19H25F3N2O3. The highest BCUT2D eigenvalue weighted by Gasteiger charge is 2.57. The largest absolute Gasteiger partial charge is 0.426 e. The first kappa shape index (κ1) is 21.2. The number of aliphatic hydroxyl groups is 1. The third-order valence-electron chi connectivity index (χ3n) is 5.23. The molecule has 2 amide bonds. The van der Waals surface area contributed by atoms with E-state index in [1.807, 2.05) is 31.2 Å². The lowest BCUT2D eigenvalue weighted by Crippen LogP contribution is -2.59. The van der Waals surface area contributed by atoms with Crippen molar-refractivity contribution in [3.05, 3.63) is 29.8 Å².